The molecule has 1 amide bonds. The second kappa shape index (κ2) is 10.1. The van der Waals surface area contributed by atoms with Crippen LogP contribution in [0.4, 0.5) is 0 Å². The summed E-state index contributed by atoms with van der Waals surface area (Å²) in [5, 5.41) is 8.64. The van der Waals surface area contributed by atoms with E-state index < -0.39 is 0 Å². The highest BCUT2D eigenvalue weighted by Crippen LogP contribution is 2.02. The number of carbonyl (C=O) groups excluding carboxylic acids is 2. The lowest BCUT2D eigenvalue weighted by Gasteiger charge is -2.20. The molecule has 0 aromatic carbocycles. The zero-order valence-electron chi connectivity index (χ0n) is 10.8. The number of esters is 1. The standard InChI is InChI=1S/C12H23NO4/c1-3-8-13(10-12(16)17-4-2)11(15)7-5-6-9-14/h14H,3-10H2,1-2H3. The Morgan fingerprint density at radius 2 is 1.94 bits per heavy atom. The third-order valence-electron chi connectivity index (χ3n) is 2.27. The second-order valence-electron chi connectivity index (χ2n) is 3.80. The highest BCUT2D eigenvalue weighted by Gasteiger charge is 2.16. The van der Waals surface area contributed by atoms with Gasteiger partial charge in [-0.15, -0.1) is 0 Å². The molecule has 5 nitrogen and oxygen atoms in total. The van der Waals surface area contributed by atoms with Gasteiger partial charge in [-0.3, -0.25) is 9.59 Å². The number of amides is 1. The number of nitrogens with zero attached hydrogens (tertiary/aromatic N) is 1. The van der Waals surface area contributed by atoms with Crippen molar-refractivity contribution >= 4 is 11.9 Å². The molecule has 0 rings (SSSR count). The Morgan fingerprint density at radius 3 is 2.47 bits per heavy atom. The molecule has 5 heteroatoms. The molecule has 0 aromatic heterocycles. The Kier molecular flexibility index (Phi) is 9.43. The first kappa shape index (κ1) is 15.9. The lowest BCUT2D eigenvalue weighted by atomic mass is 10.2. The first-order valence-electron chi connectivity index (χ1n) is 6.19. The van der Waals surface area contributed by atoms with Gasteiger partial charge >= 0.3 is 5.97 Å². The van der Waals surface area contributed by atoms with Crippen LogP contribution in [0.2, 0.25) is 0 Å². The molecule has 0 heterocycles. The van der Waals surface area contributed by atoms with E-state index in [1.54, 1.807) is 6.92 Å². The lowest BCUT2D eigenvalue weighted by molar-refractivity contribution is -0.149. The van der Waals surface area contributed by atoms with Crippen molar-refractivity contribution in [3.05, 3.63) is 0 Å². The smallest absolute Gasteiger partial charge is 0.325 e. The lowest BCUT2D eigenvalue weighted by Crippen LogP contribution is -2.37. The van der Waals surface area contributed by atoms with Crippen molar-refractivity contribution in [2.24, 2.45) is 0 Å². The molecular weight excluding hydrogens is 222 g/mol. The summed E-state index contributed by atoms with van der Waals surface area (Å²) in [7, 11) is 0. The zero-order chi connectivity index (χ0) is 13.1. The number of hydrogen-bond acceptors (Lipinski definition) is 4. The van der Waals surface area contributed by atoms with Crippen LogP contribution in [0.5, 0.6) is 0 Å². The van der Waals surface area contributed by atoms with E-state index in [2.05, 4.69) is 0 Å². The maximum Gasteiger partial charge on any atom is 0.325 e. The highest BCUT2D eigenvalue weighted by atomic mass is 16.5. The van der Waals surface area contributed by atoms with E-state index in [1.165, 1.54) is 4.90 Å². The molecule has 0 atom stereocenters. The predicted octanol–water partition coefficient (Wildman–Crippen LogP) is 0.951. The van der Waals surface area contributed by atoms with Gasteiger partial charge in [0.1, 0.15) is 6.54 Å². The van der Waals surface area contributed by atoms with Crippen molar-refractivity contribution < 1.29 is 19.4 Å². The molecule has 0 unspecified atom stereocenters. The van der Waals surface area contributed by atoms with Crippen molar-refractivity contribution in [2.75, 3.05) is 26.3 Å². The molecule has 0 aliphatic heterocycles. The molecular formula is C12H23NO4. The molecule has 100 valence electrons. The van der Waals surface area contributed by atoms with Crippen LogP contribution >= 0.6 is 0 Å². The predicted molar refractivity (Wildman–Crippen MR) is 64.4 cm³/mol. The zero-order valence-corrected chi connectivity index (χ0v) is 10.8. The Morgan fingerprint density at radius 1 is 1.24 bits per heavy atom. The quantitative estimate of drug-likeness (QED) is 0.485. The van der Waals surface area contributed by atoms with Crippen LogP contribution in [0, 0.1) is 0 Å². The molecule has 0 bridgehead atoms. The Balaban J connectivity index is 4.10. The summed E-state index contributed by atoms with van der Waals surface area (Å²) < 4.78 is 4.82. The maximum atomic E-state index is 11.8. The minimum atomic E-state index is -0.364. The van der Waals surface area contributed by atoms with Crippen LogP contribution in [0.1, 0.15) is 39.5 Å². The summed E-state index contributed by atoms with van der Waals surface area (Å²) >= 11 is 0. The second-order valence-corrected chi connectivity index (χ2v) is 3.80. The van der Waals surface area contributed by atoms with Gasteiger partial charge in [-0.05, 0) is 26.2 Å². The van der Waals surface area contributed by atoms with Crippen molar-refractivity contribution in [3.8, 4) is 0 Å². The van der Waals surface area contributed by atoms with E-state index in [1.807, 2.05) is 6.92 Å². The Labute approximate surface area is 103 Å². The molecule has 0 aliphatic rings. The third-order valence-corrected chi connectivity index (χ3v) is 2.27. The number of unbranched alkanes of at least 4 members (excludes halogenated alkanes) is 1. The maximum absolute atomic E-state index is 11.8. The topological polar surface area (TPSA) is 66.8 Å². The molecule has 0 saturated carbocycles. The fourth-order valence-electron chi connectivity index (χ4n) is 1.47. The number of rotatable bonds is 9. The van der Waals surface area contributed by atoms with Crippen molar-refractivity contribution in [1.29, 1.82) is 0 Å². The van der Waals surface area contributed by atoms with Gasteiger partial charge in [0.15, 0.2) is 0 Å². The van der Waals surface area contributed by atoms with E-state index in [0.717, 1.165) is 6.42 Å². The van der Waals surface area contributed by atoms with Crippen molar-refractivity contribution in [2.45, 2.75) is 39.5 Å². The van der Waals surface area contributed by atoms with Crippen LogP contribution in [0.25, 0.3) is 0 Å². The van der Waals surface area contributed by atoms with Gasteiger partial charge in [0.25, 0.3) is 0 Å². The van der Waals surface area contributed by atoms with Crippen molar-refractivity contribution in [3.63, 3.8) is 0 Å². The van der Waals surface area contributed by atoms with E-state index >= 15 is 0 Å². The molecule has 0 saturated heterocycles. The van der Waals surface area contributed by atoms with E-state index in [9.17, 15) is 9.59 Å². The number of hydrogen-bond donors (Lipinski definition) is 1. The normalized spacial score (nSPS) is 10.1. The van der Waals surface area contributed by atoms with Crippen LogP contribution in [0.3, 0.4) is 0 Å². The summed E-state index contributed by atoms with van der Waals surface area (Å²) in [6.07, 6.45) is 2.45. The number of ether oxygens (including phenoxy) is 1. The molecule has 0 aromatic rings. The van der Waals surface area contributed by atoms with Gasteiger partial charge in [-0.25, -0.2) is 0 Å². The van der Waals surface area contributed by atoms with E-state index in [0.29, 0.717) is 32.4 Å². The molecule has 17 heavy (non-hydrogen) atoms. The average Bonchev–Trinajstić information content (AvgIpc) is 2.29. The summed E-state index contributed by atoms with van der Waals surface area (Å²) in [6.45, 7) is 4.72. The fourth-order valence-corrected chi connectivity index (χ4v) is 1.47. The molecule has 1 N–H and O–H groups in total. The van der Waals surface area contributed by atoms with Crippen LogP contribution in [-0.2, 0) is 14.3 Å². The largest absolute Gasteiger partial charge is 0.465 e. The SMILES string of the molecule is CCCN(CC(=O)OCC)C(=O)CCCCO. The van der Waals surface area contributed by atoms with Gasteiger partial charge in [0.2, 0.25) is 5.91 Å². The summed E-state index contributed by atoms with van der Waals surface area (Å²) in [6, 6.07) is 0. The average molecular weight is 245 g/mol. The van der Waals surface area contributed by atoms with Gasteiger partial charge in [0, 0.05) is 19.6 Å². The Hall–Kier alpha value is -1.10. The van der Waals surface area contributed by atoms with Gasteiger partial charge in [-0.2, -0.15) is 0 Å². The third kappa shape index (κ3) is 7.74. The van der Waals surface area contributed by atoms with Crippen LogP contribution in [-0.4, -0.2) is 48.2 Å². The first-order chi connectivity index (χ1) is 8.15. The Bertz CT molecular complexity index is 231. The van der Waals surface area contributed by atoms with Crippen LogP contribution in [0.15, 0.2) is 0 Å². The minimum absolute atomic E-state index is 0.0274. The highest BCUT2D eigenvalue weighted by molar-refractivity contribution is 5.82. The van der Waals surface area contributed by atoms with Crippen molar-refractivity contribution in [1.82, 2.24) is 4.90 Å². The molecule has 0 spiro atoms. The summed E-state index contributed by atoms with van der Waals surface area (Å²) in [4.78, 5) is 24.6. The number of aliphatic hydroxyl groups excluding tert-OH is 1. The van der Waals surface area contributed by atoms with Gasteiger partial charge in [-0.1, -0.05) is 6.92 Å². The molecule has 0 aliphatic carbocycles. The number of aliphatic hydroxyl groups is 1. The molecule has 0 fully saturated rings. The van der Waals surface area contributed by atoms with E-state index in [-0.39, 0.29) is 25.0 Å². The van der Waals surface area contributed by atoms with Crippen LogP contribution < -0.4 is 0 Å². The summed E-state index contributed by atoms with van der Waals surface area (Å²) in [5.41, 5.74) is 0. The monoisotopic (exact) mass is 245 g/mol. The fraction of sp³-hybridized carbons (Fsp3) is 0.833. The minimum Gasteiger partial charge on any atom is -0.465 e. The van der Waals surface area contributed by atoms with Gasteiger partial charge in [0.05, 0.1) is 6.61 Å². The number of carbonyl (C=O) groups is 2. The molecule has 0 radical (unpaired) electrons. The summed E-state index contributed by atoms with van der Waals surface area (Å²) in [5.74, 6) is -0.412. The van der Waals surface area contributed by atoms with Gasteiger partial charge < -0.3 is 14.7 Å². The first-order valence-corrected chi connectivity index (χ1v) is 6.19. The van der Waals surface area contributed by atoms with E-state index in [4.69, 9.17) is 9.84 Å².